The van der Waals surface area contributed by atoms with Crippen molar-refractivity contribution in [2.45, 2.75) is 12.5 Å². The minimum atomic E-state index is -2.99. The second-order valence-electron chi connectivity index (χ2n) is 3.58. The van der Waals surface area contributed by atoms with Gasteiger partial charge in [0.2, 0.25) is 0 Å². The van der Waals surface area contributed by atoms with E-state index in [0.29, 0.717) is 6.42 Å². The highest BCUT2D eigenvalue weighted by Crippen LogP contribution is 2.01. The van der Waals surface area contributed by atoms with Crippen molar-refractivity contribution in [2.75, 3.05) is 12.0 Å². The highest BCUT2D eigenvalue weighted by molar-refractivity contribution is 7.90. The second kappa shape index (κ2) is 4.10. The maximum atomic E-state index is 10.9. The number of rotatable bonds is 4. The van der Waals surface area contributed by atoms with Crippen molar-refractivity contribution in [1.29, 1.82) is 0 Å². The van der Waals surface area contributed by atoms with Crippen LogP contribution in [0.5, 0.6) is 0 Å². The Morgan fingerprint density at radius 2 is 2.29 bits per heavy atom. The van der Waals surface area contributed by atoms with E-state index in [1.165, 1.54) is 6.26 Å². The Labute approximate surface area is 83.8 Å². The molecule has 2 N–H and O–H groups in total. The van der Waals surface area contributed by atoms with Crippen LogP contribution in [0.25, 0.3) is 0 Å². The molecule has 14 heavy (non-hydrogen) atoms. The minimum absolute atomic E-state index is 0.0158. The summed E-state index contributed by atoms with van der Waals surface area (Å²) in [5.74, 6) is 0.0158. The van der Waals surface area contributed by atoms with Crippen LogP contribution in [-0.2, 0) is 23.3 Å². The van der Waals surface area contributed by atoms with Gasteiger partial charge in [0.25, 0.3) is 0 Å². The van der Waals surface area contributed by atoms with E-state index in [1.54, 1.807) is 10.9 Å². The molecule has 1 aromatic heterocycles. The van der Waals surface area contributed by atoms with E-state index >= 15 is 0 Å². The molecule has 0 radical (unpaired) electrons. The molecule has 1 atom stereocenters. The van der Waals surface area contributed by atoms with Gasteiger partial charge in [-0.1, -0.05) is 0 Å². The van der Waals surface area contributed by atoms with Crippen LogP contribution in [0, 0.1) is 0 Å². The van der Waals surface area contributed by atoms with Crippen molar-refractivity contribution in [1.82, 2.24) is 9.78 Å². The maximum absolute atomic E-state index is 10.9. The average molecular weight is 217 g/mol. The molecule has 5 nitrogen and oxygen atoms in total. The van der Waals surface area contributed by atoms with Crippen LogP contribution in [0.3, 0.4) is 0 Å². The zero-order chi connectivity index (χ0) is 10.8. The van der Waals surface area contributed by atoms with Gasteiger partial charge in [-0.05, 0) is 12.0 Å². The Morgan fingerprint density at radius 3 is 2.71 bits per heavy atom. The number of aromatic nitrogens is 2. The third-order valence-electron chi connectivity index (χ3n) is 1.77. The quantitative estimate of drug-likeness (QED) is 0.726. The lowest BCUT2D eigenvalue weighted by atomic mass is 10.1. The molecular formula is C8H15N3O2S. The topological polar surface area (TPSA) is 78.0 Å². The maximum Gasteiger partial charge on any atom is 0.148 e. The Balaban J connectivity index is 2.53. The van der Waals surface area contributed by atoms with Crippen LogP contribution in [0.4, 0.5) is 0 Å². The number of hydrogen-bond acceptors (Lipinski definition) is 4. The Morgan fingerprint density at radius 1 is 1.64 bits per heavy atom. The summed E-state index contributed by atoms with van der Waals surface area (Å²) in [7, 11) is -1.18. The van der Waals surface area contributed by atoms with Crippen molar-refractivity contribution in [3.63, 3.8) is 0 Å². The van der Waals surface area contributed by atoms with E-state index in [2.05, 4.69) is 5.10 Å². The molecule has 1 unspecified atom stereocenters. The fourth-order valence-electron chi connectivity index (χ4n) is 1.33. The zero-order valence-electron chi connectivity index (χ0n) is 8.34. The molecule has 0 spiro atoms. The summed E-state index contributed by atoms with van der Waals surface area (Å²) in [4.78, 5) is 0. The molecule has 0 aromatic carbocycles. The Kier molecular flexibility index (Phi) is 3.28. The van der Waals surface area contributed by atoms with E-state index in [0.717, 1.165) is 5.56 Å². The minimum Gasteiger partial charge on any atom is -0.326 e. The number of hydrogen-bond donors (Lipinski definition) is 1. The largest absolute Gasteiger partial charge is 0.326 e. The molecule has 0 saturated carbocycles. The molecule has 1 rings (SSSR count). The molecule has 80 valence electrons. The molecule has 1 aromatic rings. The first-order valence-electron chi connectivity index (χ1n) is 4.27. The van der Waals surface area contributed by atoms with Gasteiger partial charge in [-0.25, -0.2) is 8.42 Å². The van der Waals surface area contributed by atoms with Crippen LogP contribution in [0.1, 0.15) is 5.56 Å². The third kappa shape index (κ3) is 3.89. The van der Waals surface area contributed by atoms with E-state index < -0.39 is 9.84 Å². The molecule has 6 heteroatoms. The Hall–Kier alpha value is -0.880. The highest BCUT2D eigenvalue weighted by Gasteiger charge is 2.12. The van der Waals surface area contributed by atoms with Crippen molar-refractivity contribution >= 4 is 9.84 Å². The summed E-state index contributed by atoms with van der Waals surface area (Å²) in [5, 5.41) is 3.98. The molecule has 0 fully saturated rings. The first-order valence-corrected chi connectivity index (χ1v) is 6.34. The standard InChI is InChI=1S/C8H15N3O2S/c1-11-5-7(4-10-11)3-8(9)6-14(2,12)13/h4-5,8H,3,6,9H2,1-2H3. The lowest BCUT2D eigenvalue weighted by molar-refractivity contribution is 0.591. The van der Waals surface area contributed by atoms with Crippen molar-refractivity contribution in [2.24, 2.45) is 12.8 Å². The predicted octanol–water partition coefficient (Wildman–Crippen LogP) is -0.665. The lowest BCUT2D eigenvalue weighted by Gasteiger charge is -2.07. The summed E-state index contributed by atoms with van der Waals surface area (Å²) < 4.78 is 23.5. The SMILES string of the molecule is Cn1cc(CC(N)CS(C)(=O)=O)cn1. The van der Waals surface area contributed by atoms with Crippen molar-refractivity contribution in [3.05, 3.63) is 18.0 Å². The molecule has 0 saturated heterocycles. The molecule has 1 heterocycles. The van der Waals surface area contributed by atoms with E-state index in [4.69, 9.17) is 5.73 Å². The molecule has 0 bridgehead atoms. The van der Waals surface area contributed by atoms with Gasteiger partial charge in [0.05, 0.1) is 11.9 Å². The third-order valence-corrected chi connectivity index (χ3v) is 2.81. The fraction of sp³-hybridized carbons (Fsp3) is 0.625. The molecule has 0 amide bonds. The van der Waals surface area contributed by atoms with Crippen LogP contribution >= 0.6 is 0 Å². The Bertz CT molecular complexity index is 396. The van der Waals surface area contributed by atoms with Crippen LogP contribution in [-0.4, -0.2) is 36.2 Å². The number of nitrogens with two attached hydrogens (primary N) is 1. The molecule has 0 aliphatic rings. The number of nitrogens with zero attached hydrogens (tertiary/aromatic N) is 2. The summed E-state index contributed by atoms with van der Waals surface area (Å²) in [5.41, 5.74) is 6.65. The average Bonchev–Trinajstić information content (AvgIpc) is 2.30. The van der Waals surface area contributed by atoms with Gasteiger partial charge in [-0.3, -0.25) is 4.68 Å². The molecule has 0 aliphatic heterocycles. The van der Waals surface area contributed by atoms with Gasteiger partial charge in [0.15, 0.2) is 0 Å². The summed E-state index contributed by atoms with van der Waals surface area (Å²) in [6, 6.07) is -0.353. The van der Waals surface area contributed by atoms with E-state index in [1.807, 2.05) is 13.2 Å². The van der Waals surface area contributed by atoms with Crippen molar-refractivity contribution < 1.29 is 8.42 Å². The second-order valence-corrected chi connectivity index (χ2v) is 5.76. The van der Waals surface area contributed by atoms with Gasteiger partial charge in [-0.15, -0.1) is 0 Å². The monoisotopic (exact) mass is 217 g/mol. The summed E-state index contributed by atoms with van der Waals surface area (Å²) >= 11 is 0. The van der Waals surface area contributed by atoms with Crippen molar-refractivity contribution in [3.8, 4) is 0 Å². The van der Waals surface area contributed by atoms with Gasteiger partial charge in [0.1, 0.15) is 9.84 Å². The van der Waals surface area contributed by atoms with Crippen LogP contribution < -0.4 is 5.73 Å². The first-order chi connectivity index (χ1) is 6.37. The van der Waals surface area contributed by atoms with E-state index in [-0.39, 0.29) is 11.8 Å². The highest BCUT2D eigenvalue weighted by atomic mass is 32.2. The molecular weight excluding hydrogens is 202 g/mol. The van der Waals surface area contributed by atoms with E-state index in [9.17, 15) is 8.42 Å². The molecule has 0 aliphatic carbocycles. The fourth-order valence-corrected chi connectivity index (χ4v) is 2.22. The van der Waals surface area contributed by atoms with Gasteiger partial charge in [0, 0.05) is 25.5 Å². The predicted molar refractivity (Wildman–Crippen MR) is 54.6 cm³/mol. The smallest absolute Gasteiger partial charge is 0.148 e. The number of aryl methyl sites for hydroxylation is 1. The summed E-state index contributed by atoms with van der Waals surface area (Å²) in [6.07, 6.45) is 5.27. The zero-order valence-corrected chi connectivity index (χ0v) is 9.16. The summed E-state index contributed by atoms with van der Waals surface area (Å²) in [6.45, 7) is 0. The van der Waals surface area contributed by atoms with Gasteiger partial charge in [-0.2, -0.15) is 5.10 Å². The van der Waals surface area contributed by atoms with Gasteiger partial charge < -0.3 is 5.73 Å². The van der Waals surface area contributed by atoms with Crippen LogP contribution in [0.2, 0.25) is 0 Å². The van der Waals surface area contributed by atoms with Gasteiger partial charge >= 0.3 is 0 Å². The van der Waals surface area contributed by atoms with Crippen LogP contribution in [0.15, 0.2) is 12.4 Å². The lowest BCUT2D eigenvalue weighted by Crippen LogP contribution is -2.31. The number of sulfone groups is 1. The normalized spacial score (nSPS) is 14.2. The first kappa shape index (κ1) is 11.2.